The largest absolute Gasteiger partial charge is 0.327 e. The number of unbranched alkanes of at least 4 members (excludes halogenated alkanes) is 2. The quantitative estimate of drug-likeness (QED) is 0.702. The highest BCUT2D eigenvalue weighted by Gasteiger charge is 2.24. The summed E-state index contributed by atoms with van der Waals surface area (Å²) in [5.41, 5.74) is 6.06. The molecule has 0 aromatic rings. The third-order valence-corrected chi connectivity index (χ3v) is 3.41. The van der Waals surface area contributed by atoms with E-state index in [9.17, 15) is 0 Å². The third kappa shape index (κ3) is 4.19. The fourth-order valence-electron chi connectivity index (χ4n) is 2.30. The molecule has 2 atom stereocenters. The van der Waals surface area contributed by atoms with Gasteiger partial charge in [0.15, 0.2) is 0 Å². The van der Waals surface area contributed by atoms with Crippen LogP contribution in [0.5, 0.6) is 0 Å². The Labute approximate surface area is 93.2 Å². The Morgan fingerprint density at radius 1 is 1.47 bits per heavy atom. The Kier molecular flexibility index (Phi) is 5.67. The smallest absolute Gasteiger partial charge is 0.0621 e. The Balaban J connectivity index is 2.18. The maximum absolute atomic E-state index is 8.44. The van der Waals surface area contributed by atoms with Crippen LogP contribution in [0.15, 0.2) is 0 Å². The van der Waals surface area contributed by atoms with Crippen LogP contribution in [-0.2, 0) is 0 Å². The summed E-state index contributed by atoms with van der Waals surface area (Å²) in [4.78, 5) is 2.51. The standard InChI is InChI=1S/C12H23N3/c1-2-11-10-15(9-6-12(11)14)8-5-3-4-7-13/h11-12H,2-6,8-10,14H2,1H3. The molecule has 1 saturated heterocycles. The lowest BCUT2D eigenvalue weighted by molar-refractivity contribution is 0.150. The molecule has 86 valence electrons. The summed E-state index contributed by atoms with van der Waals surface area (Å²) in [7, 11) is 0. The molecule has 1 rings (SSSR count). The van der Waals surface area contributed by atoms with E-state index in [1.807, 2.05) is 0 Å². The van der Waals surface area contributed by atoms with E-state index in [-0.39, 0.29) is 0 Å². The van der Waals surface area contributed by atoms with Crippen molar-refractivity contribution in [3.8, 4) is 6.07 Å². The van der Waals surface area contributed by atoms with Gasteiger partial charge in [0.25, 0.3) is 0 Å². The highest BCUT2D eigenvalue weighted by Crippen LogP contribution is 2.18. The molecular weight excluding hydrogens is 186 g/mol. The first-order valence-corrected chi connectivity index (χ1v) is 6.12. The van der Waals surface area contributed by atoms with Crippen LogP contribution in [-0.4, -0.2) is 30.6 Å². The normalized spacial score (nSPS) is 27.5. The minimum atomic E-state index is 0.408. The molecule has 0 aliphatic carbocycles. The van der Waals surface area contributed by atoms with Crippen molar-refractivity contribution in [2.75, 3.05) is 19.6 Å². The average Bonchev–Trinajstić information content (AvgIpc) is 2.26. The Morgan fingerprint density at radius 2 is 2.27 bits per heavy atom. The maximum atomic E-state index is 8.44. The molecule has 1 fully saturated rings. The SMILES string of the molecule is CCC1CN(CCCCC#N)CCC1N. The highest BCUT2D eigenvalue weighted by molar-refractivity contribution is 4.82. The lowest BCUT2D eigenvalue weighted by Gasteiger charge is -2.36. The van der Waals surface area contributed by atoms with E-state index in [1.165, 1.54) is 6.42 Å². The first kappa shape index (κ1) is 12.5. The van der Waals surface area contributed by atoms with E-state index in [0.29, 0.717) is 18.4 Å². The van der Waals surface area contributed by atoms with Crippen molar-refractivity contribution >= 4 is 0 Å². The summed E-state index contributed by atoms with van der Waals surface area (Å²) in [6, 6.07) is 2.60. The summed E-state index contributed by atoms with van der Waals surface area (Å²) < 4.78 is 0. The molecule has 3 nitrogen and oxygen atoms in total. The number of likely N-dealkylation sites (tertiary alicyclic amines) is 1. The predicted octanol–water partition coefficient (Wildman–Crippen LogP) is 1.74. The summed E-state index contributed by atoms with van der Waals surface area (Å²) in [6.45, 7) is 5.67. The molecule has 3 heteroatoms. The van der Waals surface area contributed by atoms with Crippen LogP contribution in [0.4, 0.5) is 0 Å². The van der Waals surface area contributed by atoms with Crippen molar-refractivity contribution in [1.29, 1.82) is 5.26 Å². The molecule has 0 radical (unpaired) electrons. The van der Waals surface area contributed by atoms with Gasteiger partial charge in [-0.25, -0.2) is 0 Å². The van der Waals surface area contributed by atoms with Gasteiger partial charge in [0.1, 0.15) is 0 Å². The highest BCUT2D eigenvalue weighted by atomic mass is 15.1. The van der Waals surface area contributed by atoms with E-state index < -0.39 is 0 Å². The number of piperidine rings is 1. The molecule has 0 spiro atoms. The van der Waals surface area contributed by atoms with Gasteiger partial charge in [-0.1, -0.05) is 13.3 Å². The number of nitrogens with zero attached hydrogens (tertiary/aromatic N) is 2. The van der Waals surface area contributed by atoms with E-state index in [0.717, 1.165) is 38.9 Å². The average molecular weight is 209 g/mol. The van der Waals surface area contributed by atoms with Crippen LogP contribution in [0.25, 0.3) is 0 Å². The first-order chi connectivity index (χ1) is 7.27. The van der Waals surface area contributed by atoms with Gasteiger partial charge in [0, 0.05) is 19.0 Å². The molecule has 0 amide bonds. The second-order valence-corrected chi connectivity index (χ2v) is 4.54. The summed E-state index contributed by atoms with van der Waals surface area (Å²) in [5.74, 6) is 0.676. The number of nitrogens with two attached hydrogens (primary N) is 1. The maximum Gasteiger partial charge on any atom is 0.0621 e. The third-order valence-electron chi connectivity index (χ3n) is 3.41. The van der Waals surface area contributed by atoms with Crippen LogP contribution < -0.4 is 5.73 Å². The van der Waals surface area contributed by atoms with Gasteiger partial charge in [-0.3, -0.25) is 0 Å². The van der Waals surface area contributed by atoms with Gasteiger partial charge < -0.3 is 10.6 Å². The first-order valence-electron chi connectivity index (χ1n) is 6.12. The van der Waals surface area contributed by atoms with Crippen LogP contribution in [0, 0.1) is 17.2 Å². The van der Waals surface area contributed by atoms with Crippen molar-refractivity contribution < 1.29 is 0 Å². The second kappa shape index (κ2) is 6.81. The molecule has 1 aliphatic rings. The van der Waals surface area contributed by atoms with Crippen LogP contribution >= 0.6 is 0 Å². The minimum absolute atomic E-state index is 0.408. The van der Waals surface area contributed by atoms with Crippen molar-refractivity contribution in [1.82, 2.24) is 4.90 Å². The van der Waals surface area contributed by atoms with E-state index >= 15 is 0 Å². The zero-order valence-corrected chi connectivity index (χ0v) is 9.78. The number of nitriles is 1. The number of hydrogen-bond donors (Lipinski definition) is 1. The summed E-state index contributed by atoms with van der Waals surface area (Å²) >= 11 is 0. The van der Waals surface area contributed by atoms with Crippen LogP contribution in [0.3, 0.4) is 0 Å². The van der Waals surface area contributed by atoms with E-state index in [1.54, 1.807) is 0 Å². The fourth-order valence-corrected chi connectivity index (χ4v) is 2.30. The van der Waals surface area contributed by atoms with Crippen molar-refractivity contribution in [3.63, 3.8) is 0 Å². The molecule has 0 saturated carbocycles. The number of rotatable bonds is 5. The summed E-state index contributed by atoms with van der Waals surface area (Å²) in [6.07, 6.45) is 5.21. The van der Waals surface area contributed by atoms with Crippen LogP contribution in [0.2, 0.25) is 0 Å². The van der Waals surface area contributed by atoms with Gasteiger partial charge in [0.05, 0.1) is 6.07 Å². The lowest BCUT2D eigenvalue weighted by Crippen LogP contribution is -2.47. The minimum Gasteiger partial charge on any atom is -0.327 e. The van der Waals surface area contributed by atoms with E-state index in [2.05, 4.69) is 17.9 Å². The molecule has 0 bridgehead atoms. The fraction of sp³-hybridized carbons (Fsp3) is 0.917. The van der Waals surface area contributed by atoms with Crippen LogP contribution in [0.1, 0.15) is 39.0 Å². The Bertz CT molecular complexity index is 209. The molecular formula is C12H23N3. The molecule has 15 heavy (non-hydrogen) atoms. The van der Waals surface area contributed by atoms with E-state index in [4.69, 9.17) is 11.0 Å². The van der Waals surface area contributed by atoms with Gasteiger partial charge in [-0.2, -0.15) is 5.26 Å². The topological polar surface area (TPSA) is 53.0 Å². The van der Waals surface area contributed by atoms with Crippen molar-refractivity contribution in [3.05, 3.63) is 0 Å². The zero-order chi connectivity index (χ0) is 11.1. The van der Waals surface area contributed by atoms with Gasteiger partial charge in [-0.15, -0.1) is 0 Å². The monoisotopic (exact) mass is 209 g/mol. The molecule has 0 aromatic carbocycles. The number of hydrogen-bond acceptors (Lipinski definition) is 3. The lowest BCUT2D eigenvalue weighted by atomic mass is 9.90. The van der Waals surface area contributed by atoms with Gasteiger partial charge in [0.2, 0.25) is 0 Å². The molecule has 2 N–H and O–H groups in total. The Hall–Kier alpha value is -0.590. The molecule has 1 aliphatic heterocycles. The summed E-state index contributed by atoms with van der Waals surface area (Å²) in [5, 5.41) is 8.44. The zero-order valence-electron chi connectivity index (χ0n) is 9.78. The molecule has 1 heterocycles. The van der Waals surface area contributed by atoms with Crippen molar-refractivity contribution in [2.24, 2.45) is 11.7 Å². The van der Waals surface area contributed by atoms with Crippen molar-refractivity contribution in [2.45, 2.75) is 45.1 Å². The Morgan fingerprint density at radius 3 is 2.93 bits per heavy atom. The molecule has 0 aromatic heterocycles. The van der Waals surface area contributed by atoms with Gasteiger partial charge in [-0.05, 0) is 38.3 Å². The second-order valence-electron chi connectivity index (χ2n) is 4.54. The van der Waals surface area contributed by atoms with Gasteiger partial charge >= 0.3 is 0 Å². The molecule has 2 unspecified atom stereocenters. The predicted molar refractivity (Wildman–Crippen MR) is 62.3 cm³/mol.